The third kappa shape index (κ3) is 6.35. The van der Waals surface area contributed by atoms with Gasteiger partial charge in [0.2, 0.25) is 5.91 Å². The summed E-state index contributed by atoms with van der Waals surface area (Å²) in [5.74, 6) is 0.150. The van der Waals surface area contributed by atoms with Gasteiger partial charge in [-0.3, -0.25) is 9.69 Å². The van der Waals surface area contributed by atoms with Crippen LogP contribution in [0.2, 0.25) is 0 Å². The first kappa shape index (κ1) is 21.4. The zero-order valence-corrected chi connectivity index (χ0v) is 16.4. The minimum atomic E-state index is -4.22. The van der Waals surface area contributed by atoms with Gasteiger partial charge in [-0.15, -0.1) is 0 Å². The van der Waals surface area contributed by atoms with Gasteiger partial charge >= 0.3 is 12.2 Å². The Morgan fingerprint density at radius 2 is 1.76 bits per heavy atom. The minimum Gasteiger partial charge on any atom is -0.338 e. The number of hydrogen-bond acceptors (Lipinski definition) is 3. The van der Waals surface area contributed by atoms with Gasteiger partial charge in [0, 0.05) is 52.2 Å². The molecule has 6 nitrogen and oxygen atoms in total. The number of likely N-dealkylation sites (tertiary alicyclic amines) is 1. The van der Waals surface area contributed by atoms with Gasteiger partial charge in [0.25, 0.3) is 0 Å². The minimum absolute atomic E-state index is 0.150. The Bertz CT molecular complexity index is 726. The van der Waals surface area contributed by atoms with E-state index in [4.69, 9.17) is 0 Å². The highest BCUT2D eigenvalue weighted by molar-refractivity contribution is 5.78. The Balaban J connectivity index is 1.52. The van der Waals surface area contributed by atoms with Gasteiger partial charge in [0.15, 0.2) is 0 Å². The lowest BCUT2D eigenvalue weighted by Crippen LogP contribution is -2.42. The van der Waals surface area contributed by atoms with E-state index in [0.717, 1.165) is 24.1 Å². The molecule has 2 heterocycles. The molecular formula is C20H27F3N4O2. The van der Waals surface area contributed by atoms with Crippen molar-refractivity contribution in [3.05, 3.63) is 35.4 Å². The number of urea groups is 1. The first-order valence-corrected chi connectivity index (χ1v) is 9.98. The van der Waals surface area contributed by atoms with Crippen molar-refractivity contribution >= 4 is 11.9 Å². The van der Waals surface area contributed by atoms with Crippen molar-refractivity contribution in [2.75, 3.05) is 39.3 Å². The largest absolute Gasteiger partial charge is 0.401 e. The van der Waals surface area contributed by atoms with Crippen LogP contribution in [0.3, 0.4) is 0 Å². The van der Waals surface area contributed by atoms with Gasteiger partial charge in [0.05, 0.1) is 6.54 Å². The van der Waals surface area contributed by atoms with Crippen molar-refractivity contribution in [1.29, 1.82) is 0 Å². The predicted molar refractivity (Wildman–Crippen MR) is 102 cm³/mol. The Labute approximate surface area is 168 Å². The van der Waals surface area contributed by atoms with Crippen LogP contribution in [0, 0.1) is 0 Å². The fourth-order valence-corrected chi connectivity index (χ4v) is 3.83. The molecule has 0 aliphatic carbocycles. The summed E-state index contributed by atoms with van der Waals surface area (Å²) in [5, 5.41) is 2.88. The number of hydrogen-bond donors (Lipinski definition) is 1. The predicted octanol–water partition coefficient (Wildman–Crippen LogP) is 2.59. The maximum atomic E-state index is 12.6. The Morgan fingerprint density at radius 3 is 2.45 bits per heavy atom. The van der Waals surface area contributed by atoms with Gasteiger partial charge < -0.3 is 15.1 Å². The van der Waals surface area contributed by atoms with E-state index in [0.29, 0.717) is 39.0 Å². The number of nitrogens with zero attached hydrogens (tertiary/aromatic N) is 3. The van der Waals surface area contributed by atoms with E-state index in [1.807, 2.05) is 29.2 Å². The van der Waals surface area contributed by atoms with Crippen LogP contribution in [0.15, 0.2) is 24.3 Å². The Morgan fingerprint density at radius 1 is 1.00 bits per heavy atom. The molecule has 0 unspecified atom stereocenters. The number of rotatable bonds is 5. The van der Waals surface area contributed by atoms with E-state index in [9.17, 15) is 22.8 Å². The summed E-state index contributed by atoms with van der Waals surface area (Å²) in [4.78, 5) is 29.2. The van der Waals surface area contributed by atoms with Crippen LogP contribution in [0.4, 0.5) is 18.0 Å². The van der Waals surface area contributed by atoms with Gasteiger partial charge in [-0.2, -0.15) is 13.2 Å². The number of amides is 3. The highest BCUT2D eigenvalue weighted by Crippen LogP contribution is 2.19. The fourth-order valence-electron chi connectivity index (χ4n) is 3.83. The second-order valence-corrected chi connectivity index (χ2v) is 7.58. The highest BCUT2D eigenvalue weighted by Gasteiger charge is 2.31. The topological polar surface area (TPSA) is 55.9 Å². The Hall–Kier alpha value is -2.29. The molecular weight excluding hydrogens is 385 g/mol. The summed E-state index contributed by atoms with van der Waals surface area (Å²) in [6, 6.07) is 7.40. The monoisotopic (exact) mass is 412 g/mol. The van der Waals surface area contributed by atoms with Gasteiger partial charge in [-0.25, -0.2) is 4.79 Å². The molecule has 9 heteroatoms. The molecule has 2 saturated heterocycles. The van der Waals surface area contributed by atoms with Gasteiger partial charge in [0.1, 0.15) is 0 Å². The van der Waals surface area contributed by atoms with Crippen LogP contribution in [-0.2, 0) is 17.9 Å². The first-order chi connectivity index (χ1) is 13.8. The maximum absolute atomic E-state index is 12.6. The molecule has 160 valence electrons. The summed E-state index contributed by atoms with van der Waals surface area (Å²) in [6.45, 7) is 1.90. The number of alkyl halides is 3. The average Bonchev–Trinajstić information content (AvgIpc) is 2.92. The van der Waals surface area contributed by atoms with Gasteiger partial charge in [-0.05, 0) is 24.0 Å². The van der Waals surface area contributed by atoms with Crippen molar-refractivity contribution in [1.82, 2.24) is 20.0 Å². The number of carbonyl (C=O) groups excluding carboxylic acids is 2. The molecule has 3 rings (SSSR count). The number of benzene rings is 1. The van der Waals surface area contributed by atoms with E-state index in [1.165, 1.54) is 4.90 Å². The molecule has 1 aromatic carbocycles. The van der Waals surface area contributed by atoms with Crippen LogP contribution in [0.5, 0.6) is 0 Å². The quantitative estimate of drug-likeness (QED) is 0.809. The van der Waals surface area contributed by atoms with Crippen molar-refractivity contribution in [3.8, 4) is 0 Å². The SMILES string of the molecule is O=C1CCCN1Cc1ccccc1CNC(=O)N1CCCN(CC(F)(F)F)CC1. The zero-order valence-electron chi connectivity index (χ0n) is 16.4. The summed E-state index contributed by atoms with van der Waals surface area (Å²) < 4.78 is 37.8. The van der Waals surface area contributed by atoms with Crippen molar-refractivity contribution < 1.29 is 22.8 Å². The standard InChI is InChI=1S/C20H27F3N4O2/c21-20(22,23)15-25-8-4-10-26(12-11-25)19(29)24-13-16-5-1-2-6-17(16)14-27-9-3-7-18(27)28/h1-2,5-6H,3-4,7-15H2,(H,24,29). The third-order valence-electron chi connectivity index (χ3n) is 5.36. The van der Waals surface area contributed by atoms with E-state index >= 15 is 0 Å². The summed E-state index contributed by atoms with van der Waals surface area (Å²) in [5.41, 5.74) is 1.93. The highest BCUT2D eigenvalue weighted by atomic mass is 19.4. The van der Waals surface area contributed by atoms with E-state index in [2.05, 4.69) is 5.32 Å². The zero-order chi connectivity index (χ0) is 20.9. The van der Waals surface area contributed by atoms with Crippen molar-refractivity contribution in [2.45, 2.75) is 38.5 Å². The van der Waals surface area contributed by atoms with Crippen LogP contribution >= 0.6 is 0 Å². The molecule has 2 fully saturated rings. The normalized spacial score (nSPS) is 18.8. The van der Waals surface area contributed by atoms with E-state index in [1.54, 1.807) is 4.90 Å². The summed E-state index contributed by atoms with van der Waals surface area (Å²) >= 11 is 0. The van der Waals surface area contributed by atoms with Crippen LogP contribution in [0.1, 0.15) is 30.4 Å². The lowest BCUT2D eigenvalue weighted by Gasteiger charge is -2.23. The molecule has 1 aromatic rings. The molecule has 0 bridgehead atoms. The van der Waals surface area contributed by atoms with E-state index < -0.39 is 12.7 Å². The van der Waals surface area contributed by atoms with Crippen LogP contribution < -0.4 is 5.32 Å². The number of halogens is 3. The smallest absolute Gasteiger partial charge is 0.338 e. The Kier molecular flexibility index (Phi) is 7.00. The molecule has 2 aliphatic rings. The maximum Gasteiger partial charge on any atom is 0.401 e. The third-order valence-corrected chi connectivity index (χ3v) is 5.36. The van der Waals surface area contributed by atoms with Crippen molar-refractivity contribution in [3.63, 3.8) is 0 Å². The molecule has 2 aliphatic heterocycles. The first-order valence-electron chi connectivity index (χ1n) is 9.98. The lowest BCUT2D eigenvalue weighted by molar-refractivity contribution is -0.145. The fraction of sp³-hybridized carbons (Fsp3) is 0.600. The summed E-state index contributed by atoms with van der Waals surface area (Å²) in [6.07, 6.45) is -2.26. The molecule has 0 spiro atoms. The lowest BCUT2D eigenvalue weighted by atomic mass is 10.1. The molecule has 0 aromatic heterocycles. The number of carbonyl (C=O) groups is 2. The van der Waals surface area contributed by atoms with E-state index in [-0.39, 0.29) is 25.0 Å². The number of nitrogens with one attached hydrogen (secondary N) is 1. The second kappa shape index (κ2) is 9.47. The second-order valence-electron chi connectivity index (χ2n) is 7.58. The van der Waals surface area contributed by atoms with Gasteiger partial charge in [-0.1, -0.05) is 24.3 Å². The average molecular weight is 412 g/mol. The molecule has 0 atom stereocenters. The van der Waals surface area contributed by atoms with Crippen molar-refractivity contribution in [2.24, 2.45) is 0 Å². The van der Waals surface area contributed by atoms with Crippen LogP contribution in [0.25, 0.3) is 0 Å². The molecule has 0 saturated carbocycles. The summed E-state index contributed by atoms with van der Waals surface area (Å²) in [7, 11) is 0. The molecule has 1 N–H and O–H groups in total. The van der Waals surface area contributed by atoms with Crippen LogP contribution in [-0.4, -0.2) is 72.1 Å². The molecule has 0 radical (unpaired) electrons. The molecule has 3 amide bonds. The molecule has 29 heavy (non-hydrogen) atoms.